The summed E-state index contributed by atoms with van der Waals surface area (Å²) in [6.45, 7) is 7.61. The van der Waals surface area contributed by atoms with E-state index in [1.165, 1.54) is 20.8 Å². The van der Waals surface area contributed by atoms with E-state index in [0.29, 0.717) is 0 Å². The van der Waals surface area contributed by atoms with Crippen LogP contribution in [0, 0.1) is 0 Å². The van der Waals surface area contributed by atoms with Gasteiger partial charge in [-0.25, -0.2) is 8.98 Å². The summed E-state index contributed by atoms with van der Waals surface area (Å²) in [5, 5.41) is 0. The summed E-state index contributed by atoms with van der Waals surface area (Å²) in [4.78, 5) is 11.0. The second-order valence-corrected chi connectivity index (χ2v) is 4.17. The lowest BCUT2D eigenvalue weighted by molar-refractivity contribution is -0.147. The molecular formula is C8H14O6S. The van der Waals surface area contributed by atoms with E-state index < -0.39 is 28.6 Å². The van der Waals surface area contributed by atoms with Crippen LogP contribution in [-0.2, 0) is 24.1 Å². The van der Waals surface area contributed by atoms with Gasteiger partial charge in [0.1, 0.15) is 12.2 Å². The zero-order valence-electron chi connectivity index (χ0n) is 8.76. The molecule has 15 heavy (non-hydrogen) atoms. The maximum absolute atomic E-state index is 11.0. The molecule has 0 aromatic rings. The van der Waals surface area contributed by atoms with Crippen molar-refractivity contribution in [2.75, 3.05) is 0 Å². The minimum atomic E-state index is -4.54. The quantitative estimate of drug-likeness (QED) is 0.431. The van der Waals surface area contributed by atoms with Gasteiger partial charge in [0.25, 0.3) is 0 Å². The van der Waals surface area contributed by atoms with Crippen molar-refractivity contribution in [3.63, 3.8) is 0 Å². The number of carbonyl (C=O) groups excluding carboxylic acids is 1. The lowest BCUT2D eigenvalue weighted by atomic mass is 10.2. The Bertz CT molecular complexity index is 344. The molecule has 1 N–H and O–H groups in total. The van der Waals surface area contributed by atoms with Gasteiger partial charge in [-0.05, 0) is 20.8 Å². The lowest BCUT2D eigenvalue weighted by Crippen LogP contribution is -2.30. The number of hydrogen-bond acceptors (Lipinski definition) is 5. The minimum absolute atomic E-state index is 0.195. The molecule has 6 nitrogen and oxygen atoms in total. The van der Waals surface area contributed by atoms with Crippen LogP contribution < -0.4 is 0 Å². The highest BCUT2D eigenvalue weighted by Gasteiger charge is 2.22. The van der Waals surface area contributed by atoms with Crippen LogP contribution in [0.1, 0.15) is 20.8 Å². The van der Waals surface area contributed by atoms with Crippen LogP contribution in [-0.4, -0.2) is 31.1 Å². The SMILES string of the molecule is C=C(C)C(=O)OC(C)C(C)OS(=O)(=O)O. The number of ether oxygens (including phenoxy) is 1. The molecule has 0 bridgehead atoms. The molecule has 0 aliphatic carbocycles. The van der Waals surface area contributed by atoms with E-state index in [2.05, 4.69) is 10.8 Å². The summed E-state index contributed by atoms with van der Waals surface area (Å²) in [5.74, 6) is -0.645. The van der Waals surface area contributed by atoms with Crippen LogP contribution in [0.2, 0.25) is 0 Å². The highest BCUT2D eigenvalue weighted by atomic mass is 32.3. The van der Waals surface area contributed by atoms with Crippen LogP contribution in [0.15, 0.2) is 12.2 Å². The third-order valence-electron chi connectivity index (χ3n) is 1.58. The molecule has 0 spiro atoms. The minimum Gasteiger partial charge on any atom is -0.457 e. The van der Waals surface area contributed by atoms with Gasteiger partial charge in [0.05, 0.1) is 0 Å². The van der Waals surface area contributed by atoms with E-state index >= 15 is 0 Å². The zero-order valence-corrected chi connectivity index (χ0v) is 9.58. The topological polar surface area (TPSA) is 89.9 Å². The second-order valence-electron chi connectivity index (χ2n) is 3.12. The van der Waals surface area contributed by atoms with Crippen LogP contribution in [0.25, 0.3) is 0 Å². The van der Waals surface area contributed by atoms with Gasteiger partial charge in [-0.1, -0.05) is 6.58 Å². The van der Waals surface area contributed by atoms with Gasteiger partial charge in [-0.15, -0.1) is 0 Å². The first-order valence-electron chi connectivity index (χ1n) is 4.15. The molecule has 0 aliphatic heterocycles. The standard InChI is InChI=1S/C8H14O6S/c1-5(2)8(9)13-6(3)7(4)14-15(10,11)12/h6-7H,1H2,2-4H3,(H,10,11,12). The largest absolute Gasteiger partial charge is 0.457 e. The van der Waals surface area contributed by atoms with E-state index in [0.717, 1.165) is 0 Å². The van der Waals surface area contributed by atoms with Crippen LogP contribution >= 0.6 is 0 Å². The van der Waals surface area contributed by atoms with Crippen LogP contribution in [0.4, 0.5) is 0 Å². The maximum atomic E-state index is 11.0. The average Bonchev–Trinajstić information content (AvgIpc) is 2.00. The molecule has 0 radical (unpaired) electrons. The predicted octanol–water partition coefficient (Wildman–Crippen LogP) is 0.702. The Morgan fingerprint density at radius 1 is 1.33 bits per heavy atom. The van der Waals surface area contributed by atoms with Gasteiger partial charge >= 0.3 is 16.4 Å². The highest BCUT2D eigenvalue weighted by molar-refractivity contribution is 7.80. The van der Waals surface area contributed by atoms with Crippen molar-refractivity contribution in [2.24, 2.45) is 0 Å². The molecule has 0 rings (SSSR count). The smallest absolute Gasteiger partial charge is 0.397 e. The van der Waals surface area contributed by atoms with E-state index in [1.54, 1.807) is 0 Å². The Hall–Kier alpha value is -0.920. The fourth-order valence-corrected chi connectivity index (χ4v) is 1.18. The fraction of sp³-hybridized carbons (Fsp3) is 0.625. The highest BCUT2D eigenvalue weighted by Crippen LogP contribution is 2.08. The van der Waals surface area contributed by atoms with E-state index in [1.807, 2.05) is 0 Å². The Morgan fingerprint density at radius 2 is 1.80 bits per heavy atom. The second kappa shape index (κ2) is 5.24. The van der Waals surface area contributed by atoms with Crippen molar-refractivity contribution >= 4 is 16.4 Å². The summed E-state index contributed by atoms with van der Waals surface area (Å²) < 4.78 is 38.0. The number of rotatable bonds is 5. The molecule has 2 unspecified atom stereocenters. The van der Waals surface area contributed by atoms with Gasteiger partial charge in [0, 0.05) is 5.57 Å². The number of hydrogen-bond donors (Lipinski definition) is 1. The lowest BCUT2D eigenvalue weighted by Gasteiger charge is -2.18. The fourth-order valence-electron chi connectivity index (χ4n) is 0.635. The van der Waals surface area contributed by atoms with Gasteiger partial charge in [-0.2, -0.15) is 8.42 Å². The van der Waals surface area contributed by atoms with Gasteiger partial charge in [0.2, 0.25) is 0 Å². The van der Waals surface area contributed by atoms with Crippen LogP contribution in [0.5, 0.6) is 0 Å². The van der Waals surface area contributed by atoms with Crippen molar-refractivity contribution in [1.29, 1.82) is 0 Å². The summed E-state index contributed by atoms with van der Waals surface area (Å²) in [5.41, 5.74) is 0.195. The summed E-state index contributed by atoms with van der Waals surface area (Å²) >= 11 is 0. The van der Waals surface area contributed by atoms with Gasteiger partial charge in [0.15, 0.2) is 0 Å². The molecule has 0 saturated carbocycles. The molecule has 0 amide bonds. The normalized spacial score (nSPS) is 15.5. The van der Waals surface area contributed by atoms with Crippen molar-refractivity contribution in [3.05, 3.63) is 12.2 Å². The van der Waals surface area contributed by atoms with E-state index in [-0.39, 0.29) is 5.57 Å². The molecule has 2 atom stereocenters. The first kappa shape index (κ1) is 14.1. The molecule has 88 valence electrons. The Labute approximate surface area is 88.8 Å². The Morgan fingerprint density at radius 3 is 2.13 bits per heavy atom. The molecule has 0 aromatic carbocycles. The number of esters is 1. The molecule has 0 aliphatic rings. The van der Waals surface area contributed by atoms with Gasteiger partial charge in [-0.3, -0.25) is 4.55 Å². The number of carbonyl (C=O) groups is 1. The average molecular weight is 238 g/mol. The summed E-state index contributed by atoms with van der Waals surface area (Å²) in [6.07, 6.45) is -1.78. The third kappa shape index (κ3) is 6.21. The Balaban J connectivity index is 4.28. The predicted molar refractivity (Wildman–Crippen MR) is 52.5 cm³/mol. The molecule has 0 fully saturated rings. The molecule has 7 heteroatoms. The van der Waals surface area contributed by atoms with E-state index in [4.69, 9.17) is 9.29 Å². The molecular weight excluding hydrogens is 224 g/mol. The van der Waals surface area contributed by atoms with Crippen molar-refractivity contribution in [3.8, 4) is 0 Å². The maximum Gasteiger partial charge on any atom is 0.397 e. The van der Waals surface area contributed by atoms with E-state index in [9.17, 15) is 13.2 Å². The first-order chi connectivity index (χ1) is 6.63. The zero-order chi connectivity index (χ0) is 12.2. The van der Waals surface area contributed by atoms with Crippen molar-refractivity contribution in [1.82, 2.24) is 0 Å². The third-order valence-corrected chi connectivity index (χ3v) is 2.12. The van der Waals surface area contributed by atoms with Crippen LogP contribution in [0.3, 0.4) is 0 Å². The van der Waals surface area contributed by atoms with Crippen molar-refractivity contribution in [2.45, 2.75) is 33.0 Å². The molecule has 0 saturated heterocycles. The summed E-state index contributed by atoms with van der Waals surface area (Å²) in [6, 6.07) is 0. The Kier molecular flexibility index (Phi) is 4.92. The molecule has 0 aromatic heterocycles. The molecule has 0 heterocycles. The van der Waals surface area contributed by atoms with Gasteiger partial charge < -0.3 is 4.74 Å². The summed E-state index contributed by atoms with van der Waals surface area (Å²) in [7, 11) is -4.54. The first-order valence-corrected chi connectivity index (χ1v) is 5.52. The monoisotopic (exact) mass is 238 g/mol. The van der Waals surface area contributed by atoms with Crippen molar-refractivity contribution < 1.29 is 26.7 Å².